The lowest BCUT2D eigenvalue weighted by Gasteiger charge is -2.21. The molecule has 3 rings (SSSR count). The van der Waals surface area contributed by atoms with Gasteiger partial charge in [-0.3, -0.25) is 14.4 Å². The molecular formula is C23H28N4O4. The highest BCUT2D eigenvalue weighted by atomic mass is 16.6. The van der Waals surface area contributed by atoms with Gasteiger partial charge in [0.2, 0.25) is 5.91 Å². The number of hydrogen-bond donors (Lipinski definition) is 3. The van der Waals surface area contributed by atoms with Gasteiger partial charge in [0.05, 0.1) is 0 Å². The molecule has 31 heavy (non-hydrogen) atoms. The summed E-state index contributed by atoms with van der Waals surface area (Å²) in [6.07, 6.45) is -0.719. The van der Waals surface area contributed by atoms with E-state index in [0.29, 0.717) is 25.1 Å². The zero-order valence-electron chi connectivity index (χ0n) is 17.7. The first-order chi connectivity index (χ1) is 14.8. The van der Waals surface area contributed by atoms with Gasteiger partial charge in [0, 0.05) is 32.7 Å². The summed E-state index contributed by atoms with van der Waals surface area (Å²) < 4.78 is 5.28. The standard InChI is InChI=1S/C23H28N4O4/c1-27(2)23(30)18(14-16-6-4-3-5-7-16)26-22(29)20-19(31-20)21(28)25-13-12-15-8-10-17(24)11-9-15/h3-11,18-20H,12-14,24H2,1-2H3,(H,25,28)(H,26,29)/t18-,19?,20?/m0/s1. The Hall–Kier alpha value is -3.39. The third-order valence-corrected chi connectivity index (χ3v) is 5.04. The number of nitrogen functional groups attached to an aromatic ring is 1. The summed E-state index contributed by atoms with van der Waals surface area (Å²) in [7, 11) is 3.27. The van der Waals surface area contributed by atoms with Crippen LogP contribution >= 0.6 is 0 Å². The molecular weight excluding hydrogens is 396 g/mol. The van der Waals surface area contributed by atoms with E-state index >= 15 is 0 Å². The molecule has 3 atom stereocenters. The lowest BCUT2D eigenvalue weighted by Crippen LogP contribution is -2.49. The lowest BCUT2D eigenvalue weighted by atomic mass is 10.0. The van der Waals surface area contributed by atoms with Gasteiger partial charge in [-0.25, -0.2) is 0 Å². The van der Waals surface area contributed by atoms with Crippen LogP contribution < -0.4 is 16.4 Å². The van der Waals surface area contributed by atoms with Crippen molar-refractivity contribution in [3.8, 4) is 0 Å². The third kappa shape index (κ3) is 6.29. The molecule has 8 heteroatoms. The number of likely N-dealkylation sites (N-methyl/N-ethyl adjacent to an activating group) is 1. The molecule has 4 N–H and O–H groups in total. The summed E-state index contributed by atoms with van der Waals surface area (Å²) in [6, 6.07) is 16.1. The molecule has 3 amide bonds. The van der Waals surface area contributed by atoms with Crippen LogP contribution in [-0.4, -0.2) is 61.5 Å². The molecule has 164 valence electrons. The summed E-state index contributed by atoms with van der Waals surface area (Å²) in [5.74, 6) is -1.02. The number of ether oxygens (including phenoxy) is 1. The van der Waals surface area contributed by atoms with Crippen molar-refractivity contribution in [2.24, 2.45) is 0 Å². The van der Waals surface area contributed by atoms with E-state index < -0.39 is 24.2 Å². The molecule has 1 aliphatic heterocycles. The van der Waals surface area contributed by atoms with Gasteiger partial charge in [-0.05, 0) is 29.7 Å². The summed E-state index contributed by atoms with van der Waals surface area (Å²) in [6.45, 7) is 0.423. The topological polar surface area (TPSA) is 117 Å². The number of anilines is 1. The van der Waals surface area contributed by atoms with E-state index in [1.165, 1.54) is 4.90 Å². The Labute approximate surface area is 181 Å². The number of epoxide rings is 1. The van der Waals surface area contributed by atoms with Crippen LogP contribution in [0, 0.1) is 0 Å². The third-order valence-electron chi connectivity index (χ3n) is 5.04. The number of amides is 3. The highest BCUT2D eigenvalue weighted by molar-refractivity contribution is 5.97. The number of benzene rings is 2. The van der Waals surface area contributed by atoms with Crippen molar-refractivity contribution in [3.05, 3.63) is 65.7 Å². The molecule has 0 spiro atoms. The molecule has 1 aliphatic rings. The van der Waals surface area contributed by atoms with Crippen LogP contribution in [0.1, 0.15) is 11.1 Å². The van der Waals surface area contributed by atoms with Crippen molar-refractivity contribution in [3.63, 3.8) is 0 Å². The van der Waals surface area contributed by atoms with E-state index in [2.05, 4.69) is 10.6 Å². The zero-order chi connectivity index (χ0) is 22.4. The first kappa shape index (κ1) is 22.3. The number of rotatable bonds is 9. The van der Waals surface area contributed by atoms with Gasteiger partial charge >= 0.3 is 0 Å². The van der Waals surface area contributed by atoms with E-state index in [-0.39, 0.29) is 11.8 Å². The van der Waals surface area contributed by atoms with Crippen molar-refractivity contribution in [2.75, 3.05) is 26.4 Å². The number of carbonyl (C=O) groups is 3. The predicted octanol–water partition coefficient (Wildman–Crippen LogP) is 0.511. The van der Waals surface area contributed by atoms with Gasteiger partial charge in [0.1, 0.15) is 6.04 Å². The summed E-state index contributed by atoms with van der Waals surface area (Å²) >= 11 is 0. The number of nitrogens with zero attached hydrogens (tertiary/aromatic N) is 1. The minimum absolute atomic E-state index is 0.220. The fraction of sp³-hybridized carbons (Fsp3) is 0.348. The minimum atomic E-state index is -0.884. The second-order valence-corrected chi connectivity index (χ2v) is 7.74. The summed E-state index contributed by atoms with van der Waals surface area (Å²) in [5, 5.41) is 5.51. The van der Waals surface area contributed by atoms with Gasteiger partial charge in [-0.1, -0.05) is 42.5 Å². The molecule has 0 saturated carbocycles. The van der Waals surface area contributed by atoms with Crippen molar-refractivity contribution >= 4 is 23.4 Å². The highest BCUT2D eigenvalue weighted by Gasteiger charge is 2.50. The Balaban J connectivity index is 1.49. The average Bonchev–Trinajstić information content (AvgIpc) is 3.56. The van der Waals surface area contributed by atoms with Gasteiger partial charge in [0.15, 0.2) is 12.2 Å². The number of hydrogen-bond acceptors (Lipinski definition) is 5. The van der Waals surface area contributed by atoms with Crippen molar-refractivity contribution in [2.45, 2.75) is 31.1 Å². The van der Waals surface area contributed by atoms with Gasteiger partial charge in [0.25, 0.3) is 11.8 Å². The monoisotopic (exact) mass is 424 g/mol. The molecule has 2 aromatic carbocycles. The molecule has 8 nitrogen and oxygen atoms in total. The van der Waals surface area contributed by atoms with Crippen LogP contribution in [0.3, 0.4) is 0 Å². The summed E-state index contributed by atoms with van der Waals surface area (Å²) in [5.41, 5.74) is 8.32. The first-order valence-electron chi connectivity index (χ1n) is 10.2. The maximum atomic E-state index is 12.6. The van der Waals surface area contributed by atoms with E-state index in [0.717, 1.165) is 11.1 Å². The van der Waals surface area contributed by atoms with Crippen LogP contribution in [0.4, 0.5) is 5.69 Å². The Bertz CT molecular complexity index is 915. The number of carbonyl (C=O) groups excluding carboxylic acids is 3. The highest BCUT2D eigenvalue weighted by Crippen LogP contribution is 2.23. The Kier molecular flexibility index (Phi) is 7.25. The van der Waals surface area contributed by atoms with E-state index in [1.54, 1.807) is 14.1 Å². The van der Waals surface area contributed by atoms with Crippen molar-refractivity contribution in [1.82, 2.24) is 15.5 Å². The molecule has 0 aliphatic carbocycles. The van der Waals surface area contributed by atoms with E-state index in [9.17, 15) is 14.4 Å². The molecule has 1 heterocycles. The van der Waals surface area contributed by atoms with Crippen molar-refractivity contribution < 1.29 is 19.1 Å². The Morgan fingerprint density at radius 2 is 1.61 bits per heavy atom. The second kappa shape index (κ2) is 10.1. The van der Waals surface area contributed by atoms with Gasteiger partial charge < -0.3 is 26.0 Å². The Morgan fingerprint density at radius 1 is 0.968 bits per heavy atom. The maximum Gasteiger partial charge on any atom is 0.253 e. The van der Waals surface area contributed by atoms with Crippen molar-refractivity contribution in [1.29, 1.82) is 0 Å². The van der Waals surface area contributed by atoms with Gasteiger partial charge in [-0.15, -0.1) is 0 Å². The smallest absolute Gasteiger partial charge is 0.253 e. The number of nitrogens with one attached hydrogen (secondary N) is 2. The normalized spacial score (nSPS) is 18.0. The van der Waals surface area contributed by atoms with Crippen LogP contribution in [0.2, 0.25) is 0 Å². The lowest BCUT2D eigenvalue weighted by molar-refractivity contribution is -0.134. The molecule has 1 saturated heterocycles. The Morgan fingerprint density at radius 3 is 2.26 bits per heavy atom. The summed E-state index contributed by atoms with van der Waals surface area (Å²) in [4.78, 5) is 38.8. The SMILES string of the molecule is CN(C)C(=O)[C@H](Cc1ccccc1)NC(=O)C1OC1C(=O)NCCc1ccc(N)cc1. The van der Waals surface area contributed by atoms with E-state index in [1.807, 2.05) is 54.6 Å². The molecule has 0 radical (unpaired) electrons. The molecule has 1 fully saturated rings. The van der Waals surface area contributed by atoms with Crippen LogP contribution in [0.25, 0.3) is 0 Å². The maximum absolute atomic E-state index is 12.6. The quantitative estimate of drug-likeness (QED) is 0.401. The van der Waals surface area contributed by atoms with Crippen LogP contribution in [-0.2, 0) is 32.0 Å². The average molecular weight is 425 g/mol. The van der Waals surface area contributed by atoms with Crippen LogP contribution in [0.5, 0.6) is 0 Å². The minimum Gasteiger partial charge on any atom is -0.399 e. The first-order valence-corrected chi connectivity index (χ1v) is 10.2. The fourth-order valence-electron chi connectivity index (χ4n) is 3.24. The predicted molar refractivity (Wildman–Crippen MR) is 117 cm³/mol. The molecule has 0 aromatic heterocycles. The fourth-order valence-corrected chi connectivity index (χ4v) is 3.24. The number of nitrogens with two attached hydrogens (primary N) is 1. The van der Waals surface area contributed by atoms with Gasteiger partial charge in [-0.2, -0.15) is 0 Å². The van der Waals surface area contributed by atoms with E-state index in [4.69, 9.17) is 10.5 Å². The second-order valence-electron chi connectivity index (χ2n) is 7.74. The van der Waals surface area contributed by atoms with Crippen LogP contribution in [0.15, 0.2) is 54.6 Å². The molecule has 2 unspecified atom stereocenters. The largest absolute Gasteiger partial charge is 0.399 e. The zero-order valence-corrected chi connectivity index (χ0v) is 17.7. The molecule has 0 bridgehead atoms. The molecule has 2 aromatic rings.